The molecule has 0 unspecified atom stereocenters. The fourth-order valence-electron chi connectivity index (χ4n) is 3.62. The number of benzene rings is 1. The highest BCUT2D eigenvalue weighted by atomic mass is 79.9. The zero-order chi connectivity index (χ0) is 18.5. The van der Waals surface area contributed by atoms with E-state index in [-0.39, 0.29) is 18.1 Å². The molecule has 0 radical (unpaired) electrons. The molecule has 3 rings (SSSR count). The van der Waals surface area contributed by atoms with Gasteiger partial charge in [0.15, 0.2) is 0 Å². The summed E-state index contributed by atoms with van der Waals surface area (Å²) in [6, 6.07) is 6.79. The predicted octanol–water partition coefficient (Wildman–Crippen LogP) is 4.73. The summed E-state index contributed by atoms with van der Waals surface area (Å²) in [6.45, 7) is 1.75. The summed E-state index contributed by atoms with van der Waals surface area (Å²) in [5.74, 6) is -0.339. The molecule has 1 fully saturated rings. The molecule has 2 N–H and O–H groups in total. The number of allylic oxidation sites excluding steroid dienone is 1. The highest BCUT2D eigenvalue weighted by Crippen LogP contribution is 2.30. The summed E-state index contributed by atoms with van der Waals surface area (Å²) >= 11 is 3.41. The molecule has 1 saturated carbocycles. The van der Waals surface area contributed by atoms with E-state index in [2.05, 4.69) is 26.6 Å². The van der Waals surface area contributed by atoms with Crippen molar-refractivity contribution < 1.29 is 14.3 Å². The number of amides is 2. The molecule has 5 nitrogen and oxygen atoms in total. The Morgan fingerprint density at radius 1 is 1.08 bits per heavy atom. The smallest absolute Gasteiger partial charge is 0.338 e. The van der Waals surface area contributed by atoms with Gasteiger partial charge in [-0.25, -0.2) is 9.59 Å². The minimum absolute atomic E-state index is 0.0358. The van der Waals surface area contributed by atoms with E-state index >= 15 is 0 Å². The van der Waals surface area contributed by atoms with Gasteiger partial charge in [-0.05, 0) is 50.3 Å². The Hall–Kier alpha value is -1.82. The fourth-order valence-corrected chi connectivity index (χ4v) is 3.89. The largest absolute Gasteiger partial charge is 0.459 e. The summed E-state index contributed by atoms with van der Waals surface area (Å²) in [6.07, 6.45) is 7.67. The molecule has 1 aromatic rings. The minimum Gasteiger partial charge on any atom is -0.459 e. The highest BCUT2D eigenvalue weighted by molar-refractivity contribution is 9.10. The van der Waals surface area contributed by atoms with Crippen molar-refractivity contribution in [1.82, 2.24) is 10.6 Å². The lowest BCUT2D eigenvalue weighted by Gasteiger charge is -2.29. The number of urea groups is 1. The second-order valence-corrected chi connectivity index (χ2v) is 7.91. The Morgan fingerprint density at radius 2 is 1.69 bits per heavy atom. The maximum Gasteiger partial charge on any atom is 0.338 e. The molecule has 26 heavy (non-hydrogen) atoms. The Kier molecular flexibility index (Phi) is 6.35. The SMILES string of the molecule is CC1=C(C(=O)OC2CCCCCCC2)[C@H](c2ccc(Br)cc2)NC(=O)N1. The van der Waals surface area contributed by atoms with E-state index in [0.717, 1.165) is 35.7 Å². The van der Waals surface area contributed by atoms with Gasteiger partial charge in [-0.2, -0.15) is 0 Å². The molecule has 0 spiro atoms. The molecule has 0 aromatic heterocycles. The predicted molar refractivity (Wildman–Crippen MR) is 103 cm³/mol. The molecule has 1 aromatic carbocycles. The first-order valence-corrected chi connectivity index (χ1v) is 10.1. The van der Waals surface area contributed by atoms with Gasteiger partial charge in [0, 0.05) is 10.2 Å². The third kappa shape index (κ3) is 4.67. The van der Waals surface area contributed by atoms with Crippen molar-refractivity contribution >= 4 is 27.9 Å². The molecular weight excluding hydrogens is 396 g/mol. The summed E-state index contributed by atoms with van der Waals surface area (Å²) in [5.41, 5.74) is 1.89. The van der Waals surface area contributed by atoms with E-state index in [0.29, 0.717) is 11.3 Å². The average Bonchev–Trinajstić information content (AvgIpc) is 2.57. The van der Waals surface area contributed by atoms with E-state index in [4.69, 9.17) is 4.74 Å². The van der Waals surface area contributed by atoms with Crippen LogP contribution in [-0.4, -0.2) is 18.1 Å². The summed E-state index contributed by atoms with van der Waals surface area (Å²) in [5, 5.41) is 5.55. The minimum atomic E-state index is -0.502. The number of nitrogens with one attached hydrogen (secondary N) is 2. The molecule has 2 amide bonds. The number of ether oxygens (including phenoxy) is 1. The normalized spacial score (nSPS) is 22.1. The lowest BCUT2D eigenvalue weighted by atomic mass is 9.95. The van der Waals surface area contributed by atoms with Crippen LogP contribution in [0.2, 0.25) is 0 Å². The molecule has 1 heterocycles. The molecule has 1 aliphatic carbocycles. The first-order valence-electron chi connectivity index (χ1n) is 9.29. The number of halogens is 1. The van der Waals surface area contributed by atoms with Crippen LogP contribution in [0, 0.1) is 0 Å². The summed E-state index contributed by atoms with van der Waals surface area (Å²) < 4.78 is 6.80. The Labute approximate surface area is 162 Å². The van der Waals surface area contributed by atoms with Crippen molar-refractivity contribution in [3.8, 4) is 0 Å². The first-order chi connectivity index (χ1) is 12.5. The average molecular weight is 421 g/mol. The summed E-state index contributed by atoms with van der Waals surface area (Å²) in [4.78, 5) is 24.9. The zero-order valence-electron chi connectivity index (χ0n) is 15.0. The number of carbonyl (C=O) groups excluding carboxylic acids is 2. The van der Waals surface area contributed by atoms with E-state index in [1.54, 1.807) is 6.92 Å². The second kappa shape index (κ2) is 8.71. The van der Waals surface area contributed by atoms with E-state index in [9.17, 15) is 9.59 Å². The van der Waals surface area contributed by atoms with Gasteiger partial charge in [0.05, 0.1) is 11.6 Å². The maximum absolute atomic E-state index is 13.0. The van der Waals surface area contributed by atoms with Gasteiger partial charge in [0.25, 0.3) is 0 Å². The fraction of sp³-hybridized carbons (Fsp3) is 0.500. The number of hydrogen-bond acceptors (Lipinski definition) is 3. The van der Waals surface area contributed by atoms with Gasteiger partial charge in [0.2, 0.25) is 0 Å². The van der Waals surface area contributed by atoms with Gasteiger partial charge >= 0.3 is 12.0 Å². The molecular formula is C20H25BrN2O3. The van der Waals surface area contributed by atoms with Crippen molar-refractivity contribution in [2.75, 3.05) is 0 Å². The lowest BCUT2D eigenvalue weighted by Crippen LogP contribution is -2.45. The van der Waals surface area contributed by atoms with Crippen LogP contribution in [0.3, 0.4) is 0 Å². The molecule has 0 bridgehead atoms. The number of hydrogen-bond donors (Lipinski definition) is 2. The zero-order valence-corrected chi connectivity index (χ0v) is 16.6. The monoisotopic (exact) mass is 420 g/mol. The molecule has 1 aliphatic heterocycles. The Balaban J connectivity index is 1.81. The topological polar surface area (TPSA) is 67.4 Å². The van der Waals surface area contributed by atoms with E-state index < -0.39 is 6.04 Å². The molecule has 2 aliphatic rings. The number of carbonyl (C=O) groups is 2. The van der Waals surface area contributed by atoms with E-state index in [1.807, 2.05) is 24.3 Å². The quantitative estimate of drug-likeness (QED) is 0.694. The third-order valence-corrected chi connectivity index (χ3v) is 5.55. The van der Waals surface area contributed by atoms with Crippen LogP contribution in [-0.2, 0) is 9.53 Å². The van der Waals surface area contributed by atoms with Crippen LogP contribution >= 0.6 is 15.9 Å². The van der Waals surface area contributed by atoms with Crippen molar-refractivity contribution in [1.29, 1.82) is 0 Å². The maximum atomic E-state index is 13.0. The molecule has 1 atom stereocenters. The Morgan fingerprint density at radius 3 is 2.35 bits per heavy atom. The lowest BCUT2D eigenvalue weighted by molar-refractivity contribution is -0.145. The van der Waals surface area contributed by atoms with Crippen LogP contribution in [0.4, 0.5) is 4.79 Å². The van der Waals surface area contributed by atoms with Crippen molar-refractivity contribution in [2.24, 2.45) is 0 Å². The van der Waals surface area contributed by atoms with E-state index in [1.165, 1.54) is 19.3 Å². The molecule has 140 valence electrons. The summed E-state index contributed by atoms with van der Waals surface area (Å²) in [7, 11) is 0. The van der Waals surface area contributed by atoms with Gasteiger partial charge < -0.3 is 15.4 Å². The van der Waals surface area contributed by atoms with Crippen molar-refractivity contribution in [2.45, 2.75) is 64.0 Å². The first kappa shape index (κ1) is 19.0. The Bertz CT molecular complexity index is 692. The van der Waals surface area contributed by atoms with Crippen LogP contribution in [0.25, 0.3) is 0 Å². The van der Waals surface area contributed by atoms with Crippen LogP contribution < -0.4 is 10.6 Å². The molecule has 6 heteroatoms. The standard InChI is InChI=1S/C20H25BrN2O3/c1-13-17(19(24)26-16-7-5-3-2-4-6-8-16)18(23-20(25)22-13)14-9-11-15(21)12-10-14/h9-12,16,18H,2-8H2,1H3,(H2,22,23,25)/t18-/m0/s1. The van der Waals surface area contributed by atoms with Crippen molar-refractivity contribution in [3.63, 3.8) is 0 Å². The number of esters is 1. The second-order valence-electron chi connectivity index (χ2n) is 6.99. The van der Waals surface area contributed by atoms with Gasteiger partial charge in [-0.15, -0.1) is 0 Å². The van der Waals surface area contributed by atoms with Crippen molar-refractivity contribution in [3.05, 3.63) is 45.6 Å². The van der Waals surface area contributed by atoms with Crippen LogP contribution in [0.15, 0.2) is 40.0 Å². The van der Waals surface area contributed by atoms with Crippen LogP contribution in [0.1, 0.15) is 63.5 Å². The molecule has 0 saturated heterocycles. The van der Waals surface area contributed by atoms with Crippen LogP contribution in [0.5, 0.6) is 0 Å². The van der Waals surface area contributed by atoms with Gasteiger partial charge in [-0.1, -0.05) is 47.3 Å². The number of rotatable bonds is 3. The van der Waals surface area contributed by atoms with Gasteiger partial charge in [-0.3, -0.25) is 0 Å². The van der Waals surface area contributed by atoms with Gasteiger partial charge in [0.1, 0.15) is 6.10 Å². The highest BCUT2D eigenvalue weighted by Gasteiger charge is 2.33. The third-order valence-electron chi connectivity index (χ3n) is 5.02.